The Balaban J connectivity index is 1.43. The predicted octanol–water partition coefficient (Wildman–Crippen LogP) is 6.11. The highest BCUT2D eigenvalue weighted by Gasteiger charge is 2.18. The number of hydrogen-bond acceptors (Lipinski definition) is 4. The van der Waals surface area contributed by atoms with Crippen LogP contribution in [0, 0.1) is 12.7 Å². The van der Waals surface area contributed by atoms with E-state index in [0.29, 0.717) is 35.2 Å². The van der Waals surface area contributed by atoms with Gasteiger partial charge in [-0.3, -0.25) is 4.79 Å². The molecule has 0 bridgehead atoms. The lowest BCUT2D eigenvalue weighted by atomic mass is 10.1. The summed E-state index contributed by atoms with van der Waals surface area (Å²) in [7, 11) is 1.73. The summed E-state index contributed by atoms with van der Waals surface area (Å²) in [5.41, 5.74) is 3.87. The predicted molar refractivity (Wildman–Crippen MR) is 125 cm³/mol. The highest BCUT2D eigenvalue weighted by molar-refractivity contribution is 7.13. The lowest BCUT2D eigenvalue weighted by molar-refractivity contribution is 0.0780. The third-order valence-corrected chi connectivity index (χ3v) is 5.87. The van der Waals surface area contributed by atoms with Gasteiger partial charge >= 0.3 is 0 Å². The fourth-order valence-corrected chi connectivity index (χ4v) is 4.17. The minimum atomic E-state index is -0.433. The van der Waals surface area contributed by atoms with E-state index in [9.17, 15) is 9.18 Å². The molecule has 32 heavy (non-hydrogen) atoms. The number of aromatic nitrogens is 1. The van der Waals surface area contributed by atoms with Crippen molar-refractivity contribution in [2.75, 3.05) is 7.05 Å². The van der Waals surface area contributed by atoms with Crippen molar-refractivity contribution in [2.24, 2.45) is 0 Å². The van der Waals surface area contributed by atoms with E-state index in [1.54, 1.807) is 29.5 Å². The van der Waals surface area contributed by atoms with Crippen molar-refractivity contribution in [1.82, 2.24) is 9.88 Å². The zero-order valence-corrected chi connectivity index (χ0v) is 18.7. The molecule has 0 atom stereocenters. The van der Waals surface area contributed by atoms with Gasteiger partial charge in [0.15, 0.2) is 0 Å². The van der Waals surface area contributed by atoms with Crippen molar-refractivity contribution in [3.05, 3.63) is 106 Å². The molecule has 1 aromatic heterocycles. The average molecular weight is 447 g/mol. The maximum Gasteiger partial charge on any atom is 0.273 e. The van der Waals surface area contributed by atoms with Gasteiger partial charge < -0.3 is 9.64 Å². The van der Waals surface area contributed by atoms with Gasteiger partial charge in [0, 0.05) is 30.6 Å². The number of hydrogen-bond donors (Lipinski definition) is 0. The molecular formula is C26H23FN2O2S. The Bertz CT molecular complexity index is 1220. The van der Waals surface area contributed by atoms with Gasteiger partial charge in [-0.05, 0) is 30.2 Å². The summed E-state index contributed by atoms with van der Waals surface area (Å²) in [6, 6.07) is 22.5. The molecule has 4 aromatic rings. The number of carbonyl (C=O) groups is 1. The summed E-state index contributed by atoms with van der Waals surface area (Å²) in [5.74, 6) is -0.184. The highest BCUT2D eigenvalue weighted by atomic mass is 32.1. The second kappa shape index (κ2) is 9.75. The largest absolute Gasteiger partial charge is 0.489 e. The molecule has 0 saturated heterocycles. The average Bonchev–Trinajstić information content (AvgIpc) is 3.28. The molecule has 0 radical (unpaired) electrons. The molecule has 0 aliphatic carbocycles. The van der Waals surface area contributed by atoms with Gasteiger partial charge in [0.2, 0.25) is 0 Å². The topological polar surface area (TPSA) is 42.4 Å². The number of benzene rings is 3. The van der Waals surface area contributed by atoms with Crippen LogP contribution in [0.25, 0.3) is 10.6 Å². The van der Waals surface area contributed by atoms with Crippen LogP contribution in [0.15, 0.2) is 78.2 Å². The number of aryl methyl sites for hydroxylation is 1. The smallest absolute Gasteiger partial charge is 0.273 e. The van der Waals surface area contributed by atoms with Crippen LogP contribution in [0.3, 0.4) is 0 Å². The molecular weight excluding hydrogens is 423 g/mol. The quantitative estimate of drug-likeness (QED) is 0.344. The van der Waals surface area contributed by atoms with E-state index in [0.717, 1.165) is 16.7 Å². The first-order valence-corrected chi connectivity index (χ1v) is 11.1. The Labute approximate surface area is 190 Å². The Morgan fingerprint density at radius 3 is 2.56 bits per heavy atom. The van der Waals surface area contributed by atoms with Gasteiger partial charge in [-0.2, -0.15) is 0 Å². The SMILES string of the molecule is Cc1cccc(COc2ccc(-c3nc(C(=O)N(C)Cc4ccccc4)cs3)c(F)c2)c1. The third-order valence-electron chi connectivity index (χ3n) is 4.99. The van der Waals surface area contributed by atoms with Crippen LogP contribution in [0.5, 0.6) is 5.75 Å². The van der Waals surface area contributed by atoms with Gasteiger partial charge in [0.25, 0.3) is 5.91 Å². The van der Waals surface area contributed by atoms with Crippen LogP contribution in [0.1, 0.15) is 27.2 Å². The number of rotatable bonds is 7. The molecule has 0 saturated carbocycles. The normalized spacial score (nSPS) is 10.7. The maximum absolute atomic E-state index is 14.8. The second-order valence-corrected chi connectivity index (χ2v) is 8.46. The summed E-state index contributed by atoms with van der Waals surface area (Å²) in [6.07, 6.45) is 0. The van der Waals surface area contributed by atoms with E-state index in [4.69, 9.17) is 4.74 Å². The fourth-order valence-electron chi connectivity index (χ4n) is 3.35. The van der Waals surface area contributed by atoms with Gasteiger partial charge in [-0.15, -0.1) is 11.3 Å². The first-order chi connectivity index (χ1) is 15.5. The van der Waals surface area contributed by atoms with E-state index in [1.807, 2.05) is 61.5 Å². The van der Waals surface area contributed by atoms with E-state index >= 15 is 0 Å². The number of amides is 1. The van der Waals surface area contributed by atoms with E-state index in [1.165, 1.54) is 17.4 Å². The lowest BCUT2D eigenvalue weighted by Gasteiger charge is -2.15. The summed E-state index contributed by atoms with van der Waals surface area (Å²) in [4.78, 5) is 18.7. The van der Waals surface area contributed by atoms with Crippen molar-refractivity contribution in [3.8, 4) is 16.3 Å². The first kappa shape index (κ1) is 21.7. The van der Waals surface area contributed by atoms with Crippen LogP contribution in [-0.2, 0) is 13.2 Å². The zero-order chi connectivity index (χ0) is 22.5. The Morgan fingerprint density at radius 1 is 1.03 bits per heavy atom. The molecule has 1 amide bonds. The van der Waals surface area contributed by atoms with Crippen molar-refractivity contribution in [2.45, 2.75) is 20.1 Å². The first-order valence-electron chi connectivity index (χ1n) is 10.2. The van der Waals surface area contributed by atoms with E-state index in [2.05, 4.69) is 4.98 Å². The third kappa shape index (κ3) is 5.21. The molecule has 0 spiro atoms. The van der Waals surface area contributed by atoms with Crippen molar-refractivity contribution < 1.29 is 13.9 Å². The number of thiazole rings is 1. The maximum atomic E-state index is 14.8. The molecule has 0 aliphatic rings. The number of halogens is 1. The molecule has 4 rings (SSSR count). The zero-order valence-electron chi connectivity index (χ0n) is 17.9. The van der Waals surface area contributed by atoms with E-state index < -0.39 is 5.82 Å². The van der Waals surface area contributed by atoms with Crippen LogP contribution in [0.2, 0.25) is 0 Å². The minimum Gasteiger partial charge on any atom is -0.489 e. The van der Waals surface area contributed by atoms with Crippen LogP contribution in [0.4, 0.5) is 4.39 Å². The molecule has 4 nitrogen and oxygen atoms in total. The van der Waals surface area contributed by atoms with Crippen molar-refractivity contribution in [3.63, 3.8) is 0 Å². The van der Waals surface area contributed by atoms with Crippen LogP contribution in [-0.4, -0.2) is 22.8 Å². The van der Waals surface area contributed by atoms with Gasteiger partial charge in [-0.1, -0.05) is 60.2 Å². The van der Waals surface area contributed by atoms with Crippen molar-refractivity contribution >= 4 is 17.2 Å². The van der Waals surface area contributed by atoms with Gasteiger partial charge in [-0.25, -0.2) is 9.37 Å². The van der Waals surface area contributed by atoms with Gasteiger partial charge in [0.1, 0.15) is 28.9 Å². The van der Waals surface area contributed by atoms with E-state index in [-0.39, 0.29) is 5.91 Å². The fraction of sp³-hybridized carbons (Fsp3) is 0.154. The summed E-state index contributed by atoms with van der Waals surface area (Å²) >= 11 is 1.25. The number of carbonyl (C=O) groups excluding carboxylic acids is 1. The molecule has 1 heterocycles. The Kier molecular flexibility index (Phi) is 6.61. The lowest BCUT2D eigenvalue weighted by Crippen LogP contribution is -2.26. The Hall–Kier alpha value is -3.51. The molecule has 0 N–H and O–H groups in total. The molecule has 6 heteroatoms. The summed E-state index contributed by atoms with van der Waals surface area (Å²) < 4.78 is 20.5. The molecule has 0 fully saturated rings. The highest BCUT2D eigenvalue weighted by Crippen LogP contribution is 2.29. The number of nitrogens with zero attached hydrogens (tertiary/aromatic N) is 2. The number of ether oxygens (including phenoxy) is 1. The van der Waals surface area contributed by atoms with Crippen molar-refractivity contribution in [1.29, 1.82) is 0 Å². The minimum absolute atomic E-state index is 0.199. The molecule has 0 unspecified atom stereocenters. The molecule has 0 aliphatic heterocycles. The summed E-state index contributed by atoms with van der Waals surface area (Å²) in [6.45, 7) is 2.86. The summed E-state index contributed by atoms with van der Waals surface area (Å²) in [5, 5.41) is 2.13. The van der Waals surface area contributed by atoms with Gasteiger partial charge in [0.05, 0.1) is 0 Å². The van der Waals surface area contributed by atoms with Crippen LogP contribution >= 0.6 is 11.3 Å². The Morgan fingerprint density at radius 2 is 1.81 bits per heavy atom. The molecule has 162 valence electrons. The second-order valence-electron chi connectivity index (χ2n) is 7.60. The monoisotopic (exact) mass is 446 g/mol. The molecule has 3 aromatic carbocycles. The van der Waals surface area contributed by atoms with Crippen LogP contribution < -0.4 is 4.74 Å². The standard InChI is InChI=1S/C26H23FN2O2S/c1-18-7-6-10-20(13-18)16-31-21-11-12-22(23(27)14-21)25-28-24(17-32-25)26(30)29(2)15-19-8-4-3-5-9-19/h3-14,17H,15-16H2,1-2H3.